The van der Waals surface area contributed by atoms with Crippen molar-refractivity contribution in [2.75, 3.05) is 0 Å². The van der Waals surface area contributed by atoms with Crippen LogP contribution >= 0.6 is 0 Å². The number of benzene rings is 2. The molecule has 0 saturated carbocycles. The summed E-state index contributed by atoms with van der Waals surface area (Å²) in [6.45, 7) is 10.3. The molecule has 0 N–H and O–H groups in total. The Labute approximate surface area is 115 Å². The van der Waals surface area contributed by atoms with E-state index in [1.165, 1.54) is 0 Å². The van der Waals surface area contributed by atoms with Gasteiger partial charge in [0, 0.05) is 10.8 Å². The summed E-state index contributed by atoms with van der Waals surface area (Å²) in [5, 5.41) is 2.23. The van der Waals surface area contributed by atoms with Gasteiger partial charge in [-0.3, -0.25) is 0 Å². The Morgan fingerprint density at radius 3 is 2.00 bits per heavy atom. The smallest absolute Gasteiger partial charge is 0.130 e. The molecule has 0 amide bonds. The van der Waals surface area contributed by atoms with E-state index in [2.05, 4.69) is 25.1 Å². The Balaban J connectivity index is 2.62. The van der Waals surface area contributed by atoms with Crippen molar-refractivity contribution >= 4 is 10.8 Å². The lowest BCUT2D eigenvalue weighted by Crippen LogP contribution is -2.09. The van der Waals surface area contributed by atoms with E-state index in [0.717, 1.165) is 27.8 Å². The fourth-order valence-corrected chi connectivity index (χ4v) is 2.19. The van der Waals surface area contributed by atoms with Gasteiger partial charge in [-0.15, -0.1) is 0 Å². The van der Waals surface area contributed by atoms with Gasteiger partial charge in [0.15, 0.2) is 0 Å². The van der Waals surface area contributed by atoms with E-state index in [9.17, 15) is 0 Å². The third-order valence-corrected chi connectivity index (χ3v) is 2.86. The molecule has 0 fully saturated rings. The second-order valence-electron chi connectivity index (χ2n) is 5.40. The van der Waals surface area contributed by atoms with Gasteiger partial charge in [0.1, 0.15) is 11.5 Å². The molecule has 0 bridgehead atoms. The lowest BCUT2D eigenvalue weighted by molar-refractivity contribution is 0.238. The van der Waals surface area contributed by atoms with Gasteiger partial charge in [-0.1, -0.05) is 24.3 Å². The van der Waals surface area contributed by atoms with Crippen molar-refractivity contribution < 1.29 is 9.47 Å². The maximum Gasteiger partial charge on any atom is 0.130 e. The summed E-state index contributed by atoms with van der Waals surface area (Å²) >= 11 is 0. The highest BCUT2D eigenvalue weighted by atomic mass is 16.5. The first-order valence-electron chi connectivity index (χ1n) is 6.84. The van der Waals surface area contributed by atoms with Crippen molar-refractivity contribution in [3.63, 3.8) is 0 Å². The minimum atomic E-state index is 0.166. The normalized spacial score (nSPS) is 11.3. The molecule has 19 heavy (non-hydrogen) atoms. The number of hydrogen-bond acceptors (Lipinski definition) is 2. The van der Waals surface area contributed by atoms with E-state index in [0.29, 0.717) is 0 Å². The second kappa shape index (κ2) is 5.52. The monoisotopic (exact) mass is 258 g/mol. The van der Waals surface area contributed by atoms with Crippen LogP contribution in [0, 0.1) is 6.92 Å². The first-order valence-corrected chi connectivity index (χ1v) is 6.84. The van der Waals surface area contributed by atoms with Crippen LogP contribution in [0.15, 0.2) is 30.3 Å². The summed E-state index contributed by atoms with van der Waals surface area (Å²) in [5.41, 5.74) is 1.11. The molecule has 2 rings (SSSR count). The average molecular weight is 258 g/mol. The summed E-state index contributed by atoms with van der Waals surface area (Å²) in [5.74, 6) is 1.89. The molecule has 0 aliphatic heterocycles. The molecular formula is C17H22O2. The van der Waals surface area contributed by atoms with Crippen LogP contribution in [0.5, 0.6) is 11.5 Å². The van der Waals surface area contributed by atoms with Crippen molar-refractivity contribution in [2.45, 2.75) is 46.8 Å². The van der Waals surface area contributed by atoms with E-state index in [1.54, 1.807) is 0 Å². The molecule has 0 spiro atoms. The highest BCUT2D eigenvalue weighted by Gasteiger charge is 2.13. The fraction of sp³-hybridized carbons (Fsp3) is 0.412. The molecule has 2 heteroatoms. The van der Waals surface area contributed by atoms with Crippen molar-refractivity contribution in [1.29, 1.82) is 0 Å². The molecular weight excluding hydrogens is 236 g/mol. The Hall–Kier alpha value is -1.70. The van der Waals surface area contributed by atoms with E-state index in [-0.39, 0.29) is 12.2 Å². The fourth-order valence-electron chi connectivity index (χ4n) is 2.19. The average Bonchev–Trinajstić information content (AvgIpc) is 2.33. The zero-order chi connectivity index (χ0) is 14.0. The number of aryl methyl sites for hydroxylation is 1. The minimum absolute atomic E-state index is 0.166. The highest BCUT2D eigenvalue weighted by Crippen LogP contribution is 2.37. The quantitative estimate of drug-likeness (QED) is 0.789. The molecule has 2 nitrogen and oxygen atoms in total. The minimum Gasteiger partial charge on any atom is -0.490 e. The van der Waals surface area contributed by atoms with Crippen molar-refractivity contribution in [3.8, 4) is 11.5 Å². The van der Waals surface area contributed by atoms with Crippen LogP contribution in [0.3, 0.4) is 0 Å². The molecule has 0 aliphatic rings. The molecule has 102 valence electrons. The molecule has 0 aromatic heterocycles. The SMILES string of the molecule is Cc1cc(OC(C)C)c2ccccc2c1OC(C)C. The van der Waals surface area contributed by atoms with E-state index in [4.69, 9.17) is 9.47 Å². The summed E-state index contributed by atoms with van der Waals surface area (Å²) in [4.78, 5) is 0. The highest BCUT2D eigenvalue weighted by molar-refractivity contribution is 5.94. The number of hydrogen-bond donors (Lipinski definition) is 0. The van der Waals surface area contributed by atoms with Gasteiger partial charge in [0.25, 0.3) is 0 Å². The standard InChI is InChI=1S/C17H22O2/c1-11(2)18-16-10-13(5)17(19-12(3)4)15-9-7-6-8-14(15)16/h6-12H,1-5H3. The van der Waals surface area contributed by atoms with Crippen LogP contribution in [0.1, 0.15) is 33.3 Å². The van der Waals surface area contributed by atoms with Gasteiger partial charge in [-0.2, -0.15) is 0 Å². The van der Waals surface area contributed by atoms with Crippen molar-refractivity contribution in [2.24, 2.45) is 0 Å². The second-order valence-corrected chi connectivity index (χ2v) is 5.40. The van der Waals surface area contributed by atoms with Gasteiger partial charge in [0.2, 0.25) is 0 Å². The number of ether oxygens (including phenoxy) is 2. The van der Waals surface area contributed by atoms with Crippen LogP contribution in [0.25, 0.3) is 10.8 Å². The summed E-state index contributed by atoms with van der Waals surface area (Å²) in [6.07, 6.45) is 0.332. The van der Waals surface area contributed by atoms with Crippen LogP contribution in [-0.2, 0) is 0 Å². The van der Waals surface area contributed by atoms with Crippen LogP contribution in [0.4, 0.5) is 0 Å². The first-order chi connectivity index (χ1) is 8.99. The maximum absolute atomic E-state index is 5.96. The largest absolute Gasteiger partial charge is 0.490 e. The molecule has 0 unspecified atom stereocenters. The molecule has 0 saturated heterocycles. The van der Waals surface area contributed by atoms with Crippen molar-refractivity contribution in [3.05, 3.63) is 35.9 Å². The van der Waals surface area contributed by atoms with Crippen LogP contribution in [0.2, 0.25) is 0 Å². The Morgan fingerprint density at radius 1 is 0.842 bits per heavy atom. The topological polar surface area (TPSA) is 18.5 Å². The third kappa shape index (κ3) is 3.01. The lowest BCUT2D eigenvalue weighted by atomic mass is 10.0. The first kappa shape index (κ1) is 13.7. The van der Waals surface area contributed by atoms with Gasteiger partial charge in [-0.25, -0.2) is 0 Å². The molecule has 2 aromatic rings. The lowest BCUT2D eigenvalue weighted by Gasteiger charge is -2.19. The predicted molar refractivity (Wildman–Crippen MR) is 80.2 cm³/mol. The van der Waals surface area contributed by atoms with Gasteiger partial charge < -0.3 is 9.47 Å². The van der Waals surface area contributed by atoms with Crippen molar-refractivity contribution in [1.82, 2.24) is 0 Å². The predicted octanol–water partition coefficient (Wildman–Crippen LogP) is 4.72. The van der Waals surface area contributed by atoms with E-state index in [1.807, 2.05) is 39.8 Å². The summed E-state index contributed by atoms with van der Waals surface area (Å²) in [7, 11) is 0. The van der Waals surface area contributed by atoms with Gasteiger partial charge in [-0.05, 0) is 46.2 Å². The molecule has 0 aliphatic carbocycles. The Morgan fingerprint density at radius 2 is 1.42 bits per heavy atom. The zero-order valence-electron chi connectivity index (χ0n) is 12.4. The van der Waals surface area contributed by atoms with E-state index < -0.39 is 0 Å². The van der Waals surface area contributed by atoms with E-state index >= 15 is 0 Å². The van der Waals surface area contributed by atoms with Crippen LogP contribution in [-0.4, -0.2) is 12.2 Å². The maximum atomic E-state index is 5.96. The summed E-state index contributed by atoms with van der Waals surface area (Å²) < 4.78 is 11.9. The third-order valence-electron chi connectivity index (χ3n) is 2.86. The van der Waals surface area contributed by atoms with Crippen LogP contribution < -0.4 is 9.47 Å². The molecule has 0 atom stereocenters. The Kier molecular flexibility index (Phi) is 3.98. The molecule has 0 radical (unpaired) electrons. The molecule has 0 heterocycles. The zero-order valence-corrected chi connectivity index (χ0v) is 12.4. The number of rotatable bonds is 4. The summed E-state index contributed by atoms with van der Waals surface area (Å²) in [6, 6.07) is 10.3. The Bertz CT molecular complexity index is 571. The molecule has 2 aromatic carbocycles. The number of fused-ring (bicyclic) bond motifs is 1. The van der Waals surface area contributed by atoms with Gasteiger partial charge >= 0.3 is 0 Å². The van der Waals surface area contributed by atoms with Gasteiger partial charge in [0.05, 0.1) is 12.2 Å².